The first-order valence-electron chi connectivity index (χ1n) is 19.5. The van der Waals surface area contributed by atoms with Gasteiger partial charge in [-0.1, -0.05) is 18.2 Å². The molecule has 292 valence electrons. The highest BCUT2D eigenvalue weighted by atomic mass is 19.4. The number of aryl methyl sites for hydroxylation is 1. The quantitative estimate of drug-likeness (QED) is 0.181. The Balaban J connectivity index is 0.828. The van der Waals surface area contributed by atoms with Crippen LogP contribution in [0.25, 0.3) is 21.9 Å². The lowest BCUT2D eigenvalue weighted by atomic mass is 9.82. The van der Waals surface area contributed by atoms with Gasteiger partial charge >= 0.3 is 11.9 Å². The number of rotatable bonds is 7. The minimum Gasteiger partial charge on any atom is -0.321 e. The summed E-state index contributed by atoms with van der Waals surface area (Å²) in [5, 5.41) is 10.7. The number of anilines is 1. The van der Waals surface area contributed by atoms with Gasteiger partial charge in [-0.25, -0.2) is 9.78 Å². The molecule has 2 N–H and O–H groups in total. The van der Waals surface area contributed by atoms with E-state index in [1.54, 1.807) is 34.4 Å². The maximum absolute atomic E-state index is 13.6. The Morgan fingerprint density at radius 3 is 2.38 bits per heavy atom. The van der Waals surface area contributed by atoms with E-state index in [0.29, 0.717) is 36.0 Å². The van der Waals surface area contributed by atoms with Crippen molar-refractivity contribution in [1.29, 1.82) is 0 Å². The number of hydrogen-bond donors (Lipinski definition) is 2. The number of imidazole rings is 1. The Bertz CT molecular complexity index is 2410. The number of amides is 3. The second kappa shape index (κ2) is 14.0. The first-order valence-corrected chi connectivity index (χ1v) is 19.5. The second-order valence-electron chi connectivity index (χ2n) is 16.1. The third kappa shape index (κ3) is 6.58. The predicted octanol–water partition coefficient (Wildman–Crippen LogP) is 6.48. The molecule has 4 fully saturated rings. The third-order valence-corrected chi connectivity index (χ3v) is 12.7. The molecule has 6 heterocycles. The van der Waals surface area contributed by atoms with Crippen LogP contribution in [-0.2, 0) is 22.8 Å². The molecule has 12 nitrogen and oxygen atoms in total. The van der Waals surface area contributed by atoms with Crippen LogP contribution in [0.4, 0.5) is 18.9 Å². The van der Waals surface area contributed by atoms with Crippen molar-refractivity contribution < 1.29 is 27.6 Å². The summed E-state index contributed by atoms with van der Waals surface area (Å²) in [6, 6.07) is 15.1. The molecule has 9 rings (SSSR count). The first-order chi connectivity index (χ1) is 26.9. The molecule has 2 bridgehead atoms. The lowest BCUT2D eigenvalue weighted by molar-refractivity contribution is -0.141. The van der Waals surface area contributed by atoms with Crippen molar-refractivity contribution in [3.8, 4) is 0 Å². The fourth-order valence-electron chi connectivity index (χ4n) is 9.97. The molecule has 3 aromatic heterocycles. The van der Waals surface area contributed by atoms with Gasteiger partial charge in [0.1, 0.15) is 17.4 Å². The number of fused-ring (bicyclic) bond motifs is 4. The Morgan fingerprint density at radius 2 is 1.64 bits per heavy atom. The number of para-hydroxylation sites is 1. The molecule has 3 aliphatic heterocycles. The normalized spacial score (nSPS) is 25.9. The molecule has 0 radical (unpaired) electrons. The molecular weight excluding hydrogens is 725 g/mol. The highest BCUT2D eigenvalue weighted by Gasteiger charge is 2.43. The summed E-state index contributed by atoms with van der Waals surface area (Å²) in [5.74, 6) is -0.536. The number of aromatic nitrogens is 5. The van der Waals surface area contributed by atoms with Crippen LogP contribution in [-0.4, -0.2) is 65.1 Å². The number of pyridine rings is 1. The van der Waals surface area contributed by atoms with Crippen molar-refractivity contribution in [2.75, 3.05) is 11.9 Å². The van der Waals surface area contributed by atoms with Crippen molar-refractivity contribution in [2.45, 2.75) is 100 Å². The molecule has 3 atom stereocenters. The molecule has 3 unspecified atom stereocenters. The van der Waals surface area contributed by atoms with Crippen LogP contribution in [0.3, 0.4) is 0 Å². The molecule has 3 saturated heterocycles. The van der Waals surface area contributed by atoms with Gasteiger partial charge in [0.25, 0.3) is 5.91 Å². The van der Waals surface area contributed by atoms with E-state index in [4.69, 9.17) is 5.10 Å². The van der Waals surface area contributed by atoms with E-state index in [1.165, 1.54) is 30.5 Å². The average Bonchev–Trinajstić information content (AvgIpc) is 3.79. The van der Waals surface area contributed by atoms with Gasteiger partial charge in [0.05, 0.1) is 22.6 Å². The monoisotopic (exact) mass is 768 g/mol. The zero-order valence-electron chi connectivity index (χ0n) is 31.0. The molecule has 15 heteroatoms. The maximum atomic E-state index is 13.6. The Morgan fingerprint density at radius 1 is 0.911 bits per heavy atom. The second-order valence-corrected chi connectivity index (χ2v) is 16.1. The molecule has 0 spiro atoms. The number of imide groups is 1. The summed E-state index contributed by atoms with van der Waals surface area (Å²) >= 11 is 0. The highest BCUT2D eigenvalue weighted by molar-refractivity contribution is 6.04. The Hall–Kier alpha value is -5.31. The smallest absolute Gasteiger partial charge is 0.321 e. The fraction of sp³-hybridized carbons (Fsp3) is 0.463. The summed E-state index contributed by atoms with van der Waals surface area (Å²) in [7, 11) is 1.78. The predicted molar refractivity (Wildman–Crippen MR) is 202 cm³/mol. The van der Waals surface area contributed by atoms with E-state index in [2.05, 4.69) is 26.6 Å². The number of nitrogens with one attached hydrogen (secondary N) is 2. The van der Waals surface area contributed by atoms with E-state index < -0.39 is 29.7 Å². The first kappa shape index (κ1) is 36.3. The topological polar surface area (TPSA) is 136 Å². The Labute approximate surface area is 320 Å². The number of nitrogens with zero attached hydrogens (tertiary/aromatic N) is 6. The summed E-state index contributed by atoms with van der Waals surface area (Å²) in [5.41, 5.74) is 2.38. The molecule has 1 aliphatic carbocycles. The summed E-state index contributed by atoms with van der Waals surface area (Å²) < 4.78 is 44.6. The lowest BCUT2D eigenvalue weighted by Crippen LogP contribution is -2.45. The van der Waals surface area contributed by atoms with Gasteiger partial charge in [-0.3, -0.25) is 38.4 Å². The van der Waals surface area contributed by atoms with Gasteiger partial charge in [-0.15, -0.1) is 0 Å². The molecule has 1 saturated carbocycles. The van der Waals surface area contributed by atoms with Crippen molar-refractivity contribution in [3.05, 3.63) is 88.2 Å². The van der Waals surface area contributed by atoms with Crippen LogP contribution >= 0.6 is 0 Å². The fourth-order valence-corrected chi connectivity index (χ4v) is 9.97. The van der Waals surface area contributed by atoms with Crippen LogP contribution < -0.4 is 16.3 Å². The van der Waals surface area contributed by atoms with Crippen LogP contribution in [0.1, 0.15) is 104 Å². The van der Waals surface area contributed by atoms with Gasteiger partial charge in [0.15, 0.2) is 0 Å². The largest absolute Gasteiger partial charge is 0.433 e. The van der Waals surface area contributed by atoms with Crippen LogP contribution in [0, 0.1) is 5.92 Å². The number of carbonyl (C=O) groups excluding carboxylic acids is 3. The van der Waals surface area contributed by atoms with Gasteiger partial charge in [0, 0.05) is 49.4 Å². The molecular formula is C41H43F3N8O4. The van der Waals surface area contributed by atoms with Crippen LogP contribution in [0.15, 0.2) is 65.6 Å². The van der Waals surface area contributed by atoms with Crippen LogP contribution in [0.2, 0.25) is 0 Å². The van der Waals surface area contributed by atoms with Gasteiger partial charge in [-0.2, -0.15) is 18.3 Å². The van der Waals surface area contributed by atoms with Crippen LogP contribution in [0.5, 0.6) is 0 Å². The van der Waals surface area contributed by atoms with Gasteiger partial charge in [0.2, 0.25) is 11.8 Å². The third-order valence-electron chi connectivity index (χ3n) is 12.7. The number of hydrogen-bond acceptors (Lipinski definition) is 7. The molecule has 3 amide bonds. The van der Waals surface area contributed by atoms with E-state index in [-0.39, 0.29) is 29.8 Å². The minimum atomic E-state index is -4.64. The summed E-state index contributed by atoms with van der Waals surface area (Å²) in [4.78, 5) is 57.1. The zero-order valence-corrected chi connectivity index (χ0v) is 31.0. The number of halogens is 3. The maximum Gasteiger partial charge on any atom is 0.433 e. The molecule has 4 aliphatic rings. The average molecular weight is 769 g/mol. The van der Waals surface area contributed by atoms with E-state index >= 15 is 0 Å². The number of piperidine rings is 2. The molecule has 5 aromatic rings. The highest BCUT2D eigenvalue weighted by Crippen LogP contribution is 2.46. The standard InChI is InChI=1S/C41H43F3N8O4/c1-49-37-30(4-2-6-33(37)52(40(49)56)34-16-17-36(53)47-39(34)55)24-19-28-13-14-29(20-24)50(28)21-23-8-11-27(12-9-23)51-22-25-18-26(10-15-31(25)48-51)45-38(54)32-5-3-7-35(46-32)41(42,43)44/h2-7,10,15,18,22-24,27-29,34H,8-9,11-14,16-17,19-21H2,1H3,(H,45,54)(H,47,53,55)/t23-,24?,27-,28?,29?,34?. The number of benzene rings is 2. The Kier molecular flexibility index (Phi) is 9.09. The van der Waals surface area contributed by atoms with Crippen molar-refractivity contribution in [2.24, 2.45) is 13.0 Å². The molecule has 2 aromatic carbocycles. The number of carbonyl (C=O) groups is 3. The molecule has 56 heavy (non-hydrogen) atoms. The van der Waals surface area contributed by atoms with Crippen molar-refractivity contribution in [3.63, 3.8) is 0 Å². The lowest BCUT2D eigenvalue weighted by Gasteiger charge is -2.42. The minimum absolute atomic E-state index is 0.212. The van der Waals surface area contributed by atoms with Gasteiger partial charge in [-0.05, 0) is 112 Å². The van der Waals surface area contributed by atoms with E-state index in [0.717, 1.165) is 73.1 Å². The summed E-state index contributed by atoms with van der Waals surface area (Å²) in [6.07, 6.45) is 6.48. The number of alkyl halides is 3. The van der Waals surface area contributed by atoms with Crippen molar-refractivity contribution >= 4 is 45.3 Å². The van der Waals surface area contributed by atoms with Crippen molar-refractivity contribution in [1.82, 2.24) is 34.1 Å². The van der Waals surface area contributed by atoms with E-state index in [1.807, 2.05) is 23.0 Å². The zero-order chi connectivity index (χ0) is 38.9. The van der Waals surface area contributed by atoms with Gasteiger partial charge < -0.3 is 5.32 Å². The summed E-state index contributed by atoms with van der Waals surface area (Å²) in [6.45, 7) is 1.08. The SMILES string of the molecule is Cn1c(=O)n(C2CCC(=O)NC2=O)c2cccc(C3CC4CCC(C3)N4C[C@H]3CC[C@H](n4cc5cc(NC(=O)c6cccc(C(F)(F)F)n6)ccc5n4)CC3)c21. The van der Waals surface area contributed by atoms with E-state index in [9.17, 15) is 32.3 Å².